The molecule has 200 valence electrons. The highest BCUT2D eigenvalue weighted by Gasteiger charge is 2.15. The average Bonchev–Trinajstić information content (AvgIpc) is 2.99. The standard InChI is InChI=1S/C30H31N5O3S/c1-36-28-18-26-27(19-29(28)38-15-5-12-35-13-16-37-17-14-35)32-21-22(20-31)30(26)33-23-8-10-24(11-9-23)34-39-25-6-3-2-4-7-25/h2-4,6-11,18-19,21,34H,5,12-17H2,1H3,(H,32,33). The lowest BCUT2D eigenvalue weighted by atomic mass is 10.1. The molecule has 0 spiro atoms. The Morgan fingerprint density at radius 2 is 1.79 bits per heavy atom. The van der Waals surface area contributed by atoms with Crippen LogP contribution in [0.3, 0.4) is 0 Å². The van der Waals surface area contributed by atoms with Crippen LogP contribution in [0.5, 0.6) is 11.5 Å². The summed E-state index contributed by atoms with van der Waals surface area (Å²) >= 11 is 1.56. The predicted octanol–water partition coefficient (Wildman–Crippen LogP) is 6.08. The number of aromatic nitrogens is 1. The highest BCUT2D eigenvalue weighted by Crippen LogP contribution is 2.37. The summed E-state index contributed by atoms with van der Waals surface area (Å²) in [4.78, 5) is 8.05. The van der Waals surface area contributed by atoms with Crippen molar-refractivity contribution in [2.75, 3.05) is 56.6 Å². The number of hydrogen-bond donors (Lipinski definition) is 2. The van der Waals surface area contributed by atoms with E-state index < -0.39 is 0 Å². The first-order chi connectivity index (χ1) is 19.2. The summed E-state index contributed by atoms with van der Waals surface area (Å²) in [5.41, 5.74) is 3.69. The zero-order valence-electron chi connectivity index (χ0n) is 21.9. The maximum Gasteiger partial charge on any atom is 0.163 e. The Morgan fingerprint density at radius 1 is 1.03 bits per heavy atom. The molecule has 0 amide bonds. The van der Waals surface area contributed by atoms with Gasteiger partial charge in [0, 0.05) is 53.6 Å². The van der Waals surface area contributed by atoms with Gasteiger partial charge >= 0.3 is 0 Å². The molecular formula is C30H31N5O3S. The van der Waals surface area contributed by atoms with Crippen molar-refractivity contribution in [3.63, 3.8) is 0 Å². The zero-order chi connectivity index (χ0) is 26.9. The summed E-state index contributed by atoms with van der Waals surface area (Å²) in [5.74, 6) is 1.24. The van der Waals surface area contributed by atoms with E-state index in [2.05, 4.69) is 38.1 Å². The normalized spacial score (nSPS) is 13.5. The van der Waals surface area contributed by atoms with Crippen LogP contribution in [0, 0.1) is 11.3 Å². The van der Waals surface area contributed by atoms with Gasteiger partial charge in [-0.2, -0.15) is 5.26 Å². The van der Waals surface area contributed by atoms with Crippen molar-refractivity contribution in [1.82, 2.24) is 9.88 Å². The van der Waals surface area contributed by atoms with Gasteiger partial charge in [-0.15, -0.1) is 0 Å². The predicted molar refractivity (Wildman–Crippen MR) is 156 cm³/mol. The number of hydrogen-bond acceptors (Lipinski definition) is 9. The van der Waals surface area contributed by atoms with Gasteiger partial charge in [-0.3, -0.25) is 9.88 Å². The van der Waals surface area contributed by atoms with Gasteiger partial charge in [-0.1, -0.05) is 18.2 Å². The molecule has 4 aromatic rings. The molecule has 0 aliphatic carbocycles. The Balaban J connectivity index is 1.29. The number of fused-ring (bicyclic) bond motifs is 1. The van der Waals surface area contributed by atoms with Crippen LogP contribution in [-0.4, -0.2) is 56.4 Å². The van der Waals surface area contributed by atoms with Gasteiger partial charge in [0.1, 0.15) is 6.07 Å². The number of benzene rings is 3. The van der Waals surface area contributed by atoms with E-state index in [9.17, 15) is 5.26 Å². The first-order valence-electron chi connectivity index (χ1n) is 12.9. The van der Waals surface area contributed by atoms with Crippen molar-refractivity contribution < 1.29 is 14.2 Å². The highest BCUT2D eigenvalue weighted by atomic mass is 32.2. The molecule has 2 N–H and O–H groups in total. The fraction of sp³-hybridized carbons (Fsp3) is 0.267. The fourth-order valence-corrected chi connectivity index (χ4v) is 5.02. The van der Waals surface area contributed by atoms with Crippen molar-refractivity contribution in [3.8, 4) is 17.6 Å². The Kier molecular flexibility index (Phi) is 9.01. The second-order valence-corrected chi connectivity index (χ2v) is 9.93. The molecule has 1 aliphatic heterocycles. The molecule has 0 radical (unpaired) electrons. The molecule has 1 aromatic heterocycles. The smallest absolute Gasteiger partial charge is 0.163 e. The lowest BCUT2D eigenvalue weighted by molar-refractivity contribution is 0.0357. The molecule has 9 heteroatoms. The largest absolute Gasteiger partial charge is 0.493 e. The molecule has 1 fully saturated rings. The number of methoxy groups -OCH3 is 1. The molecular weight excluding hydrogens is 510 g/mol. The van der Waals surface area contributed by atoms with Crippen molar-refractivity contribution in [1.29, 1.82) is 5.26 Å². The van der Waals surface area contributed by atoms with Gasteiger partial charge in [0.05, 0.1) is 43.7 Å². The van der Waals surface area contributed by atoms with Crippen LogP contribution >= 0.6 is 11.9 Å². The maximum absolute atomic E-state index is 9.80. The SMILES string of the molecule is COc1cc2c(Nc3ccc(NSc4ccccc4)cc3)c(C#N)cnc2cc1OCCCN1CCOCC1. The van der Waals surface area contributed by atoms with Crippen molar-refractivity contribution in [2.24, 2.45) is 0 Å². The molecule has 2 heterocycles. The van der Waals surface area contributed by atoms with Gasteiger partial charge in [0.15, 0.2) is 11.5 Å². The number of nitrogens with one attached hydrogen (secondary N) is 2. The van der Waals surface area contributed by atoms with Crippen LogP contribution in [-0.2, 0) is 4.74 Å². The number of morpholine rings is 1. The second kappa shape index (κ2) is 13.2. The van der Waals surface area contributed by atoms with E-state index in [0.29, 0.717) is 29.4 Å². The minimum Gasteiger partial charge on any atom is -0.493 e. The molecule has 0 atom stereocenters. The fourth-order valence-electron chi connectivity index (χ4n) is 4.36. The molecule has 39 heavy (non-hydrogen) atoms. The summed E-state index contributed by atoms with van der Waals surface area (Å²) in [6.07, 6.45) is 2.50. The van der Waals surface area contributed by atoms with Crippen LogP contribution in [0.1, 0.15) is 12.0 Å². The summed E-state index contributed by atoms with van der Waals surface area (Å²) in [7, 11) is 1.62. The molecule has 1 saturated heterocycles. The molecule has 8 nitrogen and oxygen atoms in total. The van der Waals surface area contributed by atoms with Crippen LogP contribution in [0.2, 0.25) is 0 Å². The highest BCUT2D eigenvalue weighted by molar-refractivity contribution is 8.00. The van der Waals surface area contributed by atoms with Crippen molar-refractivity contribution in [2.45, 2.75) is 11.3 Å². The van der Waals surface area contributed by atoms with Crippen LogP contribution in [0.15, 0.2) is 77.8 Å². The first kappa shape index (κ1) is 26.6. The number of nitriles is 1. The van der Waals surface area contributed by atoms with E-state index in [4.69, 9.17) is 14.2 Å². The van der Waals surface area contributed by atoms with E-state index >= 15 is 0 Å². The average molecular weight is 542 g/mol. The zero-order valence-corrected chi connectivity index (χ0v) is 22.7. The third-order valence-electron chi connectivity index (χ3n) is 6.44. The lowest BCUT2D eigenvalue weighted by Crippen LogP contribution is -2.37. The van der Waals surface area contributed by atoms with Gasteiger partial charge < -0.3 is 24.2 Å². The minimum atomic E-state index is 0.450. The molecule has 0 unspecified atom stereocenters. The number of rotatable bonds is 11. The van der Waals surface area contributed by atoms with E-state index in [1.807, 2.05) is 54.6 Å². The Bertz CT molecular complexity index is 1420. The Labute approximate surface area is 233 Å². The number of nitrogens with zero attached hydrogens (tertiary/aromatic N) is 3. The second-order valence-electron chi connectivity index (χ2n) is 9.05. The van der Waals surface area contributed by atoms with Gasteiger partial charge in [0.2, 0.25) is 0 Å². The third kappa shape index (κ3) is 6.92. The molecule has 3 aromatic carbocycles. The van der Waals surface area contributed by atoms with Crippen LogP contribution in [0.4, 0.5) is 17.1 Å². The number of anilines is 3. The third-order valence-corrected chi connectivity index (χ3v) is 7.28. The topological polar surface area (TPSA) is 91.7 Å². The minimum absolute atomic E-state index is 0.450. The Morgan fingerprint density at radius 3 is 2.54 bits per heavy atom. The summed E-state index contributed by atoms with van der Waals surface area (Å²) < 4.78 is 20.5. The van der Waals surface area contributed by atoms with Crippen molar-refractivity contribution >= 4 is 39.9 Å². The lowest BCUT2D eigenvalue weighted by Gasteiger charge is -2.26. The van der Waals surface area contributed by atoms with Crippen LogP contribution in [0.25, 0.3) is 10.9 Å². The molecule has 1 aliphatic rings. The van der Waals surface area contributed by atoms with E-state index in [-0.39, 0.29) is 0 Å². The van der Waals surface area contributed by atoms with E-state index in [0.717, 1.165) is 66.4 Å². The number of ether oxygens (including phenoxy) is 3. The quantitative estimate of drug-likeness (QED) is 0.173. The summed E-state index contributed by atoms with van der Waals surface area (Å²) in [6, 6.07) is 24.1. The maximum atomic E-state index is 9.80. The Hall–Kier alpha value is -3.97. The van der Waals surface area contributed by atoms with E-state index in [1.54, 1.807) is 25.3 Å². The van der Waals surface area contributed by atoms with Gasteiger partial charge in [-0.25, -0.2) is 0 Å². The van der Waals surface area contributed by atoms with Crippen LogP contribution < -0.4 is 19.5 Å². The van der Waals surface area contributed by atoms with Crippen molar-refractivity contribution in [3.05, 3.63) is 78.5 Å². The number of pyridine rings is 1. The van der Waals surface area contributed by atoms with E-state index in [1.165, 1.54) is 0 Å². The molecule has 5 rings (SSSR count). The van der Waals surface area contributed by atoms with Gasteiger partial charge in [0.25, 0.3) is 0 Å². The monoisotopic (exact) mass is 541 g/mol. The first-order valence-corrected chi connectivity index (χ1v) is 13.7. The summed E-state index contributed by atoms with van der Waals surface area (Å²) in [5, 5.41) is 14.0. The summed E-state index contributed by atoms with van der Waals surface area (Å²) in [6.45, 7) is 5.05. The molecule has 0 saturated carbocycles. The van der Waals surface area contributed by atoms with Gasteiger partial charge in [-0.05, 0) is 60.8 Å². The molecule has 0 bridgehead atoms.